The molecule has 0 aromatic carbocycles. The highest BCUT2D eigenvalue weighted by Gasteiger charge is 2.09. The van der Waals surface area contributed by atoms with Crippen LogP contribution in [0.25, 0.3) is 0 Å². The van der Waals surface area contributed by atoms with Gasteiger partial charge in [0.05, 0.1) is 0 Å². The minimum atomic E-state index is -3.42. The third-order valence-corrected chi connectivity index (χ3v) is 2.38. The molecule has 1 radical (unpaired) electrons. The van der Waals surface area contributed by atoms with Crippen LogP contribution in [0.3, 0.4) is 0 Å². The molecular formula is C6H7N2O2S. The Hall–Kier alpha value is -0.940. The Bertz CT molecular complexity index is 320. The molecule has 0 spiro atoms. The Kier molecular flexibility index (Phi) is 2.21. The molecular weight excluding hydrogens is 164 g/mol. The summed E-state index contributed by atoms with van der Waals surface area (Å²) in [7, 11) is -0.354. The number of hydrogen-bond donors (Lipinski definition) is 1. The Labute approximate surface area is 65.3 Å². The summed E-state index contributed by atoms with van der Waals surface area (Å²) in [4.78, 5) is 3.77. The van der Waals surface area contributed by atoms with Crippen LogP contribution in [0.5, 0.6) is 0 Å². The summed E-state index contributed by atoms with van der Waals surface area (Å²) >= 11 is 0. The van der Waals surface area contributed by atoms with Gasteiger partial charge in [-0.1, -0.05) is 0 Å². The van der Waals surface area contributed by atoms with Crippen LogP contribution in [0, 0.1) is 7.05 Å². The summed E-state index contributed by atoms with van der Waals surface area (Å²) in [5.41, 5.74) is 0. The van der Waals surface area contributed by atoms with Gasteiger partial charge < -0.3 is 0 Å². The fourth-order valence-electron chi connectivity index (χ4n) is 0.589. The van der Waals surface area contributed by atoms with Crippen molar-refractivity contribution in [1.82, 2.24) is 9.71 Å². The van der Waals surface area contributed by atoms with Gasteiger partial charge in [-0.3, -0.25) is 4.98 Å². The van der Waals surface area contributed by atoms with Crippen LogP contribution < -0.4 is 4.72 Å². The topological polar surface area (TPSA) is 59.1 Å². The number of nitrogens with one attached hydrogen (secondary N) is 1. The SMILES string of the molecule is [CH2]NS(=O)(=O)c1cccnc1. The summed E-state index contributed by atoms with van der Waals surface area (Å²) in [6.07, 6.45) is 2.76. The number of rotatable bonds is 2. The molecule has 1 rings (SSSR count). The fourth-order valence-corrected chi connectivity index (χ4v) is 1.21. The molecule has 0 saturated carbocycles. The van der Waals surface area contributed by atoms with Gasteiger partial charge in [0.1, 0.15) is 4.90 Å². The lowest BCUT2D eigenvalue weighted by atomic mass is 10.5. The molecule has 11 heavy (non-hydrogen) atoms. The van der Waals surface area contributed by atoms with Gasteiger partial charge in [0.25, 0.3) is 0 Å². The minimum Gasteiger partial charge on any atom is -0.263 e. The predicted molar refractivity (Wildman–Crippen MR) is 39.9 cm³/mol. The van der Waals surface area contributed by atoms with Gasteiger partial charge in [-0.15, -0.1) is 0 Å². The predicted octanol–water partition coefficient (Wildman–Crippen LogP) is 0.151. The monoisotopic (exact) mass is 171 g/mol. The van der Waals surface area contributed by atoms with Crippen LogP contribution in [0.15, 0.2) is 29.4 Å². The molecule has 5 heteroatoms. The molecule has 59 valence electrons. The van der Waals surface area contributed by atoms with Crippen molar-refractivity contribution < 1.29 is 8.42 Å². The van der Waals surface area contributed by atoms with Crippen LogP contribution >= 0.6 is 0 Å². The van der Waals surface area contributed by atoms with Crippen molar-refractivity contribution in [1.29, 1.82) is 0 Å². The molecule has 0 aliphatic carbocycles. The summed E-state index contributed by atoms with van der Waals surface area (Å²) in [6, 6.07) is 2.99. The second kappa shape index (κ2) is 2.98. The van der Waals surface area contributed by atoms with Gasteiger partial charge in [-0.05, 0) is 12.1 Å². The largest absolute Gasteiger partial charge is 0.263 e. The summed E-state index contributed by atoms with van der Waals surface area (Å²) < 4.78 is 23.9. The first-order valence-corrected chi connectivity index (χ1v) is 4.34. The van der Waals surface area contributed by atoms with Crippen molar-refractivity contribution in [3.05, 3.63) is 31.6 Å². The second-order valence-electron chi connectivity index (χ2n) is 1.84. The molecule has 0 amide bonds. The van der Waals surface area contributed by atoms with E-state index < -0.39 is 10.0 Å². The van der Waals surface area contributed by atoms with Crippen molar-refractivity contribution in [2.45, 2.75) is 4.90 Å². The molecule has 0 saturated heterocycles. The van der Waals surface area contributed by atoms with Gasteiger partial charge in [0.15, 0.2) is 0 Å². The zero-order chi connectivity index (χ0) is 8.32. The first-order valence-electron chi connectivity index (χ1n) is 2.86. The van der Waals surface area contributed by atoms with Crippen LogP contribution in [0.1, 0.15) is 0 Å². The summed E-state index contributed by atoms with van der Waals surface area (Å²) in [6.45, 7) is 0. The Morgan fingerprint density at radius 3 is 2.73 bits per heavy atom. The highest BCUT2D eigenvalue weighted by atomic mass is 32.2. The quantitative estimate of drug-likeness (QED) is 0.689. The van der Waals surface area contributed by atoms with Gasteiger partial charge in [0.2, 0.25) is 10.0 Å². The Morgan fingerprint density at radius 2 is 2.27 bits per heavy atom. The molecule has 1 aromatic rings. The third kappa shape index (κ3) is 1.75. The van der Waals surface area contributed by atoms with E-state index in [-0.39, 0.29) is 4.90 Å². The molecule has 1 N–H and O–H groups in total. The molecule has 0 unspecified atom stereocenters. The molecule has 1 heterocycles. The lowest BCUT2D eigenvalue weighted by Crippen LogP contribution is -2.16. The average molecular weight is 171 g/mol. The lowest BCUT2D eigenvalue weighted by Gasteiger charge is -1.98. The van der Waals surface area contributed by atoms with E-state index in [9.17, 15) is 8.42 Å². The average Bonchev–Trinajstić information content (AvgIpc) is 2.06. The number of hydrogen-bond acceptors (Lipinski definition) is 3. The van der Waals surface area contributed by atoms with Crippen LogP contribution in [-0.4, -0.2) is 13.4 Å². The molecule has 0 aliphatic rings. The highest BCUT2D eigenvalue weighted by Crippen LogP contribution is 2.03. The zero-order valence-electron chi connectivity index (χ0n) is 5.69. The molecule has 1 aromatic heterocycles. The van der Waals surface area contributed by atoms with Gasteiger partial charge in [-0.2, -0.15) is 0 Å². The first-order chi connectivity index (χ1) is 5.17. The van der Waals surface area contributed by atoms with E-state index in [0.717, 1.165) is 0 Å². The maximum atomic E-state index is 11.0. The molecule has 0 fully saturated rings. The van der Waals surface area contributed by atoms with Crippen molar-refractivity contribution in [2.24, 2.45) is 0 Å². The van der Waals surface area contributed by atoms with E-state index in [1.54, 1.807) is 6.07 Å². The normalized spacial score (nSPS) is 11.4. The second-order valence-corrected chi connectivity index (χ2v) is 3.60. The van der Waals surface area contributed by atoms with E-state index in [4.69, 9.17) is 0 Å². The maximum Gasteiger partial charge on any atom is 0.242 e. The highest BCUT2D eigenvalue weighted by molar-refractivity contribution is 7.89. The van der Waals surface area contributed by atoms with Gasteiger partial charge in [-0.25, -0.2) is 13.1 Å². The molecule has 0 aliphatic heterocycles. The van der Waals surface area contributed by atoms with Gasteiger partial charge in [0, 0.05) is 19.4 Å². The minimum absolute atomic E-state index is 0.120. The number of nitrogens with zero attached hydrogens (tertiary/aromatic N) is 1. The molecule has 0 bridgehead atoms. The van der Waals surface area contributed by atoms with Crippen LogP contribution in [0.4, 0.5) is 0 Å². The zero-order valence-corrected chi connectivity index (χ0v) is 6.50. The Balaban J connectivity index is 3.14. The first kappa shape index (κ1) is 8.16. The smallest absolute Gasteiger partial charge is 0.242 e. The van der Waals surface area contributed by atoms with E-state index in [1.807, 2.05) is 4.72 Å². The van der Waals surface area contributed by atoms with Crippen molar-refractivity contribution in [2.75, 3.05) is 0 Å². The number of sulfonamides is 1. The van der Waals surface area contributed by atoms with Crippen molar-refractivity contribution in [3.63, 3.8) is 0 Å². The van der Waals surface area contributed by atoms with Gasteiger partial charge >= 0.3 is 0 Å². The lowest BCUT2D eigenvalue weighted by molar-refractivity contribution is 0.590. The molecule has 4 nitrogen and oxygen atoms in total. The van der Waals surface area contributed by atoms with E-state index >= 15 is 0 Å². The Morgan fingerprint density at radius 1 is 1.55 bits per heavy atom. The molecule has 0 atom stereocenters. The van der Waals surface area contributed by atoms with Crippen LogP contribution in [-0.2, 0) is 10.0 Å². The van der Waals surface area contributed by atoms with E-state index in [1.165, 1.54) is 18.5 Å². The number of aromatic nitrogens is 1. The third-order valence-electron chi connectivity index (χ3n) is 1.13. The summed E-state index contributed by atoms with van der Waals surface area (Å²) in [5.74, 6) is 0. The summed E-state index contributed by atoms with van der Waals surface area (Å²) in [5, 5.41) is 0. The van der Waals surface area contributed by atoms with E-state index in [2.05, 4.69) is 12.0 Å². The standard InChI is InChI=1S/C6H7N2O2S/c1-7-11(9,10)6-3-2-4-8-5-6/h2-5,7H,1H2. The van der Waals surface area contributed by atoms with Crippen LogP contribution in [0.2, 0.25) is 0 Å². The van der Waals surface area contributed by atoms with Crippen molar-refractivity contribution >= 4 is 10.0 Å². The fraction of sp³-hybridized carbons (Fsp3) is 0. The van der Waals surface area contributed by atoms with E-state index in [0.29, 0.717) is 0 Å². The number of pyridine rings is 1. The van der Waals surface area contributed by atoms with Crippen molar-refractivity contribution in [3.8, 4) is 0 Å². The maximum absolute atomic E-state index is 11.0.